The van der Waals surface area contributed by atoms with Crippen molar-refractivity contribution < 1.29 is 8.83 Å². The van der Waals surface area contributed by atoms with E-state index < -0.39 is 0 Å². The lowest BCUT2D eigenvalue weighted by atomic mass is 10.1. The lowest BCUT2D eigenvalue weighted by Crippen LogP contribution is -2.11. The summed E-state index contributed by atoms with van der Waals surface area (Å²) in [7, 11) is 0. The maximum absolute atomic E-state index is 11.8. The highest BCUT2D eigenvalue weighted by Crippen LogP contribution is 2.27. The van der Waals surface area contributed by atoms with Crippen LogP contribution < -0.4 is 11.5 Å². The first-order valence-corrected chi connectivity index (χ1v) is 8.51. The Balaban J connectivity index is 1.64. The third kappa shape index (κ3) is 2.91. The quantitative estimate of drug-likeness (QED) is 0.341. The zero-order valence-electron chi connectivity index (χ0n) is 13.3. The molecule has 0 fully saturated rings. The molecule has 0 atom stereocenters. The Labute approximate surface area is 146 Å². The fraction of sp³-hybridized carbons (Fsp3) is 0.118. The molecule has 0 saturated carbocycles. The van der Waals surface area contributed by atoms with Crippen molar-refractivity contribution in [2.45, 2.75) is 17.8 Å². The summed E-state index contributed by atoms with van der Waals surface area (Å²) in [6.45, 7) is 1.95. The number of aryl methyl sites for hydroxylation is 1. The summed E-state index contributed by atoms with van der Waals surface area (Å²) in [6.07, 6.45) is 1.55. The number of nitrogens with zero attached hydrogens (tertiary/aromatic N) is 3. The number of rotatable bonds is 4. The highest BCUT2D eigenvalue weighted by Gasteiger charge is 2.15. The van der Waals surface area contributed by atoms with Gasteiger partial charge in [-0.1, -0.05) is 23.9 Å². The van der Waals surface area contributed by atoms with Gasteiger partial charge >= 0.3 is 5.63 Å². The van der Waals surface area contributed by atoms with Gasteiger partial charge in [0, 0.05) is 17.2 Å². The van der Waals surface area contributed by atoms with Gasteiger partial charge in [-0.3, -0.25) is 0 Å². The van der Waals surface area contributed by atoms with E-state index in [1.54, 1.807) is 18.4 Å². The number of aromatic nitrogens is 3. The largest absolute Gasteiger partial charge is 0.461 e. The zero-order valence-corrected chi connectivity index (χ0v) is 14.1. The van der Waals surface area contributed by atoms with Crippen LogP contribution >= 0.6 is 11.8 Å². The van der Waals surface area contributed by atoms with Gasteiger partial charge in [0.15, 0.2) is 5.76 Å². The minimum Gasteiger partial charge on any atom is -0.461 e. The van der Waals surface area contributed by atoms with Crippen LogP contribution in [0.15, 0.2) is 61.4 Å². The molecule has 0 radical (unpaired) electrons. The predicted molar refractivity (Wildman–Crippen MR) is 94.7 cm³/mol. The van der Waals surface area contributed by atoms with Crippen LogP contribution in [-0.4, -0.2) is 14.9 Å². The van der Waals surface area contributed by atoms with Crippen LogP contribution in [0.3, 0.4) is 0 Å². The molecule has 0 amide bonds. The Bertz CT molecular complexity index is 1100. The van der Waals surface area contributed by atoms with Crippen molar-refractivity contribution in [2.24, 2.45) is 0 Å². The summed E-state index contributed by atoms with van der Waals surface area (Å²) in [5, 5.41) is 9.57. The summed E-state index contributed by atoms with van der Waals surface area (Å²) in [5.41, 5.74) is 2.09. The van der Waals surface area contributed by atoms with Gasteiger partial charge in [0.2, 0.25) is 11.0 Å². The molecule has 7 nitrogen and oxygen atoms in total. The van der Waals surface area contributed by atoms with Crippen molar-refractivity contribution in [3.05, 3.63) is 64.2 Å². The molecule has 4 rings (SSSR count). The molecule has 0 aliphatic carbocycles. The third-order valence-corrected chi connectivity index (χ3v) is 4.74. The molecule has 0 aliphatic rings. The SMILES string of the molecule is Cc1ccc2c(CSc3nnc(-c4ccco4)n3N)cc(=O)oc2c1. The normalized spacial score (nSPS) is 11.2. The molecule has 0 saturated heterocycles. The molecule has 3 heterocycles. The molecule has 25 heavy (non-hydrogen) atoms. The van der Waals surface area contributed by atoms with Gasteiger partial charge in [-0.05, 0) is 36.2 Å². The second-order valence-electron chi connectivity index (χ2n) is 5.53. The first-order valence-electron chi connectivity index (χ1n) is 7.52. The van der Waals surface area contributed by atoms with Crippen LogP contribution in [0.5, 0.6) is 0 Å². The smallest absolute Gasteiger partial charge is 0.336 e. The van der Waals surface area contributed by atoms with Crippen molar-refractivity contribution in [3.63, 3.8) is 0 Å². The topological polar surface area (TPSA) is 100 Å². The van der Waals surface area contributed by atoms with E-state index in [0.717, 1.165) is 16.5 Å². The number of hydrogen-bond acceptors (Lipinski definition) is 7. The Morgan fingerprint density at radius 1 is 1.24 bits per heavy atom. The van der Waals surface area contributed by atoms with Gasteiger partial charge in [-0.25, -0.2) is 9.47 Å². The minimum atomic E-state index is -0.376. The summed E-state index contributed by atoms with van der Waals surface area (Å²) in [5.74, 6) is 7.55. The fourth-order valence-electron chi connectivity index (χ4n) is 2.55. The van der Waals surface area contributed by atoms with Gasteiger partial charge in [-0.2, -0.15) is 0 Å². The number of nitrogens with two attached hydrogens (primary N) is 1. The third-order valence-electron chi connectivity index (χ3n) is 3.75. The van der Waals surface area contributed by atoms with Gasteiger partial charge in [-0.15, -0.1) is 10.2 Å². The standard InChI is InChI=1S/C17H14N4O3S/c1-10-4-5-12-11(8-15(22)24-14(12)7-10)9-25-17-20-19-16(21(17)18)13-3-2-6-23-13/h2-8H,9,18H2,1H3. The van der Waals surface area contributed by atoms with E-state index in [0.29, 0.717) is 28.1 Å². The first-order chi connectivity index (χ1) is 12.1. The average Bonchev–Trinajstić information content (AvgIpc) is 3.21. The fourth-order valence-corrected chi connectivity index (χ4v) is 3.40. The van der Waals surface area contributed by atoms with Crippen molar-refractivity contribution in [1.29, 1.82) is 0 Å². The predicted octanol–water partition coefficient (Wildman–Crippen LogP) is 2.96. The summed E-state index contributed by atoms with van der Waals surface area (Å²) in [6, 6.07) is 10.8. The molecule has 0 bridgehead atoms. The van der Waals surface area contributed by atoms with Crippen LogP contribution in [0.1, 0.15) is 11.1 Å². The summed E-state index contributed by atoms with van der Waals surface area (Å²) < 4.78 is 11.9. The highest BCUT2D eigenvalue weighted by molar-refractivity contribution is 7.98. The maximum atomic E-state index is 11.8. The van der Waals surface area contributed by atoms with Crippen LogP contribution in [-0.2, 0) is 5.75 Å². The molecular weight excluding hydrogens is 340 g/mol. The van der Waals surface area contributed by atoms with Crippen molar-refractivity contribution in [2.75, 3.05) is 5.84 Å². The van der Waals surface area contributed by atoms with E-state index in [4.69, 9.17) is 14.7 Å². The van der Waals surface area contributed by atoms with Crippen LogP contribution in [0.2, 0.25) is 0 Å². The van der Waals surface area contributed by atoms with Crippen molar-refractivity contribution in [3.8, 4) is 11.6 Å². The molecule has 126 valence electrons. The maximum Gasteiger partial charge on any atom is 0.336 e. The summed E-state index contributed by atoms with van der Waals surface area (Å²) in [4.78, 5) is 11.8. The van der Waals surface area contributed by atoms with E-state index in [9.17, 15) is 4.79 Å². The second kappa shape index (κ2) is 6.14. The van der Waals surface area contributed by atoms with Crippen molar-refractivity contribution >= 4 is 22.7 Å². The van der Waals surface area contributed by atoms with E-state index >= 15 is 0 Å². The van der Waals surface area contributed by atoms with Gasteiger partial charge < -0.3 is 14.7 Å². The van der Waals surface area contributed by atoms with E-state index in [1.165, 1.54) is 22.5 Å². The molecule has 0 aliphatic heterocycles. The molecule has 1 aromatic carbocycles. The average molecular weight is 354 g/mol. The Morgan fingerprint density at radius 2 is 2.12 bits per heavy atom. The molecular formula is C17H14N4O3S. The van der Waals surface area contributed by atoms with Gasteiger partial charge in [0.05, 0.1) is 6.26 Å². The zero-order chi connectivity index (χ0) is 17.4. The second-order valence-corrected chi connectivity index (χ2v) is 6.47. The Morgan fingerprint density at radius 3 is 2.92 bits per heavy atom. The van der Waals surface area contributed by atoms with E-state index in [-0.39, 0.29) is 5.63 Å². The van der Waals surface area contributed by atoms with Gasteiger partial charge in [0.1, 0.15) is 5.58 Å². The molecule has 0 spiro atoms. The number of furan rings is 1. The number of nitrogen functional groups attached to an aromatic ring is 1. The number of benzene rings is 1. The first kappa shape index (κ1) is 15.5. The Kier molecular flexibility index (Phi) is 3.81. The van der Waals surface area contributed by atoms with Crippen LogP contribution in [0.25, 0.3) is 22.6 Å². The Hall–Kier alpha value is -3.00. The molecule has 0 unspecified atom stereocenters. The van der Waals surface area contributed by atoms with E-state index in [1.807, 2.05) is 25.1 Å². The molecule has 4 aromatic rings. The lowest BCUT2D eigenvalue weighted by molar-refractivity contribution is 0.559. The van der Waals surface area contributed by atoms with Crippen LogP contribution in [0.4, 0.5) is 0 Å². The molecule has 2 N–H and O–H groups in total. The highest BCUT2D eigenvalue weighted by atomic mass is 32.2. The van der Waals surface area contributed by atoms with Gasteiger partial charge in [0.25, 0.3) is 0 Å². The number of fused-ring (bicyclic) bond motifs is 1. The van der Waals surface area contributed by atoms with Crippen LogP contribution in [0, 0.1) is 6.92 Å². The molecule has 8 heteroatoms. The number of hydrogen-bond donors (Lipinski definition) is 1. The monoisotopic (exact) mass is 354 g/mol. The minimum absolute atomic E-state index is 0.376. The molecule has 3 aromatic heterocycles. The lowest BCUT2D eigenvalue weighted by Gasteiger charge is -2.06. The van der Waals surface area contributed by atoms with Crippen molar-refractivity contribution in [1.82, 2.24) is 14.9 Å². The number of thioether (sulfide) groups is 1. The van der Waals surface area contributed by atoms with E-state index in [2.05, 4.69) is 10.2 Å². The summed E-state index contributed by atoms with van der Waals surface area (Å²) >= 11 is 1.39.